The van der Waals surface area contributed by atoms with Crippen LogP contribution in [0.15, 0.2) is 19.4 Å². The van der Waals surface area contributed by atoms with Crippen LogP contribution < -0.4 is 0 Å². The smallest absolute Gasteiger partial charge is 0.344 e. The number of ether oxygens (including phenoxy) is 1. The molecule has 0 N–H and O–H groups in total. The number of hydrogen-bond donors (Lipinski definition) is 0. The number of rotatable bonds is 4. The summed E-state index contributed by atoms with van der Waals surface area (Å²) in [6.45, 7) is 6.82. The molecule has 0 spiro atoms. The molecule has 0 aliphatic carbocycles. The summed E-state index contributed by atoms with van der Waals surface area (Å²) in [5.74, 6) is 1.81. The van der Waals surface area contributed by atoms with Crippen LogP contribution in [0.4, 0.5) is 0 Å². The van der Waals surface area contributed by atoms with E-state index in [-0.39, 0.29) is 12.5 Å². The second-order valence-electron chi connectivity index (χ2n) is 5.10. The maximum Gasteiger partial charge on any atom is 0.344 e. The number of aryl methyl sites for hydroxylation is 4. The lowest BCUT2D eigenvalue weighted by molar-refractivity contribution is 0.0436. The van der Waals surface area contributed by atoms with E-state index >= 15 is 0 Å². The minimum atomic E-state index is -0.545. The van der Waals surface area contributed by atoms with E-state index in [1.54, 1.807) is 13.8 Å². The van der Waals surface area contributed by atoms with Crippen LogP contribution in [0.1, 0.15) is 39.2 Å². The first-order valence-corrected chi connectivity index (χ1v) is 6.95. The van der Waals surface area contributed by atoms with Crippen molar-refractivity contribution in [2.24, 2.45) is 0 Å². The molecule has 0 aliphatic heterocycles. The third kappa shape index (κ3) is 2.87. The number of furan rings is 1. The van der Waals surface area contributed by atoms with Crippen molar-refractivity contribution in [2.75, 3.05) is 0 Å². The minimum Gasteiger partial charge on any atom is -0.466 e. The predicted molar refractivity (Wildman–Crippen MR) is 76.6 cm³/mol. The Morgan fingerprint density at radius 2 is 1.91 bits per heavy atom. The van der Waals surface area contributed by atoms with Crippen LogP contribution in [0.25, 0.3) is 11.5 Å². The van der Waals surface area contributed by atoms with E-state index in [1.807, 2.05) is 19.9 Å². The molecule has 0 saturated heterocycles. The average molecular weight is 317 g/mol. The fourth-order valence-electron chi connectivity index (χ4n) is 2.24. The van der Waals surface area contributed by atoms with Gasteiger partial charge in [-0.15, -0.1) is 10.2 Å². The SMILES string of the molecule is Cc1cc(-c2nnc(COC(=O)c3c(C)noc3C)o2)c(C)o1. The van der Waals surface area contributed by atoms with Gasteiger partial charge in [-0.3, -0.25) is 0 Å². The number of aromatic nitrogens is 3. The van der Waals surface area contributed by atoms with E-state index in [0.29, 0.717) is 28.7 Å². The van der Waals surface area contributed by atoms with Crippen molar-refractivity contribution in [1.29, 1.82) is 0 Å². The fraction of sp³-hybridized carbons (Fsp3) is 0.333. The zero-order chi connectivity index (χ0) is 16.6. The zero-order valence-electron chi connectivity index (χ0n) is 13.2. The molecule has 8 heteroatoms. The Morgan fingerprint density at radius 3 is 2.52 bits per heavy atom. The average Bonchev–Trinajstić information content (AvgIpc) is 3.17. The number of nitrogens with zero attached hydrogens (tertiary/aromatic N) is 3. The first-order chi connectivity index (χ1) is 11.0. The van der Waals surface area contributed by atoms with Gasteiger partial charge in [0, 0.05) is 0 Å². The summed E-state index contributed by atoms with van der Waals surface area (Å²) in [6.07, 6.45) is 0. The quantitative estimate of drug-likeness (QED) is 0.676. The van der Waals surface area contributed by atoms with E-state index in [4.69, 9.17) is 18.1 Å². The first-order valence-electron chi connectivity index (χ1n) is 6.95. The minimum absolute atomic E-state index is 0.133. The second kappa shape index (κ2) is 5.71. The van der Waals surface area contributed by atoms with Gasteiger partial charge in [0.2, 0.25) is 0 Å². The molecule has 3 rings (SSSR count). The molecule has 0 saturated carbocycles. The van der Waals surface area contributed by atoms with Crippen LogP contribution in [0.5, 0.6) is 0 Å². The Kier molecular flexibility index (Phi) is 3.73. The summed E-state index contributed by atoms with van der Waals surface area (Å²) in [6, 6.07) is 1.81. The van der Waals surface area contributed by atoms with Gasteiger partial charge in [0.1, 0.15) is 22.8 Å². The monoisotopic (exact) mass is 317 g/mol. The lowest BCUT2D eigenvalue weighted by Crippen LogP contribution is -2.07. The maximum absolute atomic E-state index is 12.0. The van der Waals surface area contributed by atoms with Crippen molar-refractivity contribution in [2.45, 2.75) is 34.3 Å². The Balaban J connectivity index is 1.70. The third-order valence-corrected chi connectivity index (χ3v) is 3.30. The second-order valence-corrected chi connectivity index (χ2v) is 5.10. The Bertz CT molecular complexity index is 839. The highest BCUT2D eigenvalue weighted by molar-refractivity contribution is 5.91. The van der Waals surface area contributed by atoms with Crippen molar-refractivity contribution in [3.8, 4) is 11.5 Å². The molecule has 0 radical (unpaired) electrons. The van der Waals surface area contributed by atoms with Crippen LogP contribution in [0.3, 0.4) is 0 Å². The van der Waals surface area contributed by atoms with Gasteiger partial charge < -0.3 is 18.1 Å². The van der Waals surface area contributed by atoms with Crippen molar-refractivity contribution in [3.63, 3.8) is 0 Å². The summed E-state index contributed by atoms with van der Waals surface area (Å²) in [4.78, 5) is 12.0. The molecule has 0 atom stereocenters. The van der Waals surface area contributed by atoms with E-state index < -0.39 is 5.97 Å². The molecule has 0 fully saturated rings. The van der Waals surface area contributed by atoms with E-state index in [1.165, 1.54) is 0 Å². The van der Waals surface area contributed by atoms with Crippen molar-refractivity contribution >= 4 is 5.97 Å². The Morgan fingerprint density at radius 1 is 1.13 bits per heavy atom. The van der Waals surface area contributed by atoms with E-state index in [9.17, 15) is 4.79 Å². The highest BCUT2D eigenvalue weighted by atomic mass is 16.5. The summed E-state index contributed by atoms with van der Waals surface area (Å²) in [5, 5.41) is 11.5. The van der Waals surface area contributed by atoms with Gasteiger partial charge in [-0.25, -0.2) is 4.79 Å². The van der Waals surface area contributed by atoms with Crippen LogP contribution in [0.2, 0.25) is 0 Å². The molecule has 8 nitrogen and oxygen atoms in total. The maximum atomic E-state index is 12.0. The lowest BCUT2D eigenvalue weighted by atomic mass is 10.2. The molecule has 3 aromatic rings. The Labute approximate surface area is 131 Å². The number of hydrogen-bond acceptors (Lipinski definition) is 8. The Hall–Kier alpha value is -2.90. The topological polar surface area (TPSA) is 104 Å². The van der Waals surface area contributed by atoms with Crippen molar-refractivity contribution in [3.05, 3.63) is 40.5 Å². The van der Waals surface area contributed by atoms with Gasteiger partial charge in [0.15, 0.2) is 6.61 Å². The molecular formula is C15H15N3O5. The van der Waals surface area contributed by atoms with Crippen LogP contribution in [-0.2, 0) is 11.3 Å². The molecule has 0 amide bonds. The van der Waals surface area contributed by atoms with Crippen LogP contribution in [0, 0.1) is 27.7 Å². The van der Waals surface area contributed by atoms with Gasteiger partial charge in [0.05, 0.1) is 11.3 Å². The summed E-state index contributed by atoms with van der Waals surface area (Å²) < 4.78 is 21.0. The van der Waals surface area contributed by atoms with E-state index in [0.717, 1.165) is 11.3 Å². The van der Waals surface area contributed by atoms with Crippen molar-refractivity contribution in [1.82, 2.24) is 15.4 Å². The third-order valence-electron chi connectivity index (χ3n) is 3.30. The van der Waals surface area contributed by atoms with Gasteiger partial charge in [0.25, 0.3) is 11.8 Å². The predicted octanol–water partition coefficient (Wildman–Crippen LogP) is 2.91. The molecule has 0 aromatic carbocycles. The zero-order valence-corrected chi connectivity index (χ0v) is 13.2. The molecule has 3 heterocycles. The van der Waals surface area contributed by atoms with Gasteiger partial charge in [-0.1, -0.05) is 5.16 Å². The van der Waals surface area contributed by atoms with Gasteiger partial charge in [-0.05, 0) is 33.8 Å². The number of carbonyl (C=O) groups excluding carboxylic acids is 1. The molecule has 23 heavy (non-hydrogen) atoms. The van der Waals surface area contributed by atoms with Gasteiger partial charge in [-0.2, -0.15) is 0 Å². The molecule has 0 unspecified atom stereocenters. The normalized spacial score (nSPS) is 11.0. The first kappa shape index (κ1) is 15.0. The molecule has 0 bridgehead atoms. The fourth-order valence-corrected chi connectivity index (χ4v) is 2.24. The lowest BCUT2D eigenvalue weighted by Gasteiger charge is -2.00. The van der Waals surface area contributed by atoms with Crippen LogP contribution in [-0.4, -0.2) is 21.3 Å². The van der Waals surface area contributed by atoms with Crippen LogP contribution >= 0.6 is 0 Å². The highest BCUT2D eigenvalue weighted by Crippen LogP contribution is 2.25. The molecule has 120 valence electrons. The molecule has 0 aliphatic rings. The molecule has 3 aromatic heterocycles. The number of esters is 1. The summed E-state index contributed by atoms with van der Waals surface area (Å²) in [7, 11) is 0. The van der Waals surface area contributed by atoms with E-state index in [2.05, 4.69) is 15.4 Å². The van der Waals surface area contributed by atoms with Gasteiger partial charge >= 0.3 is 5.97 Å². The number of carbonyl (C=O) groups is 1. The van der Waals surface area contributed by atoms with Crippen molar-refractivity contribution < 1.29 is 22.9 Å². The standard InChI is InChI=1S/C15H15N3O5/c1-7-5-11(9(3)21-7)14-17-16-12(22-14)6-20-15(19)13-8(2)18-23-10(13)4/h5H,6H2,1-4H3. The summed E-state index contributed by atoms with van der Waals surface area (Å²) in [5.41, 5.74) is 1.51. The largest absolute Gasteiger partial charge is 0.466 e. The molecular weight excluding hydrogens is 302 g/mol. The summed E-state index contributed by atoms with van der Waals surface area (Å²) >= 11 is 0. The highest BCUT2D eigenvalue weighted by Gasteiger charge is 2.20.